The zero-order valence-electron chi connectivity index (χ0n) is 13.9. The summed E-state index contributed by atoms with van der Waals surface area (Å²) in [5.74, 6) is -0.388. The fourth-order valence-electron chi connectivity index (χ4n) is 2.85. The monoisotopic (exact) mass is 366 g/mol. The van der Waals surface area contributed by atoms with Gasteiger partial charge < -0.3 is 0 Å². The number of rotatable bonds is 3. The topological polar surface area (TPSA) is 51.4 Å². The quantitative estimate of drug-likeness (QED) is 0.544. The van der Waals surface area contributed by atoms with E-state index >= 15 is 0 Å². The van der Waals surface area contributed by atoms with E-state index in [2.05, 4.69) is 4.98 Å². The van der Waals surface area contributed by atoms with Crippen LogP contribution in [0.15, 0.2) is 82.8 Å². The molecule has 2 heterocycles. The van der Waals surface area contributed by atoms with Crippen LogP contribution in [-0.4, -0.2) is 17.8 Å². The highest BCUT2D eigenvalue weighted by molar-refractivity contribution is 7.91. The number of hydrogen-bond acceptors (Lipinski definition) is 3. The number of aryl methyl sites for hydroxylation is 1. The van der Waals surface area contributed by atoms with Gasteiger partial charge in [-0.1, -0.05) is 23.8 Å². The van der Waals surface area contributed by atoms with Gasteiger partial charge in [0.1, 0.15) is 17.2 Å². The lowest BCUT2D eigenvalue weighted by atomic mass is 10.2. The standard InChI is InChI=1S/C20H15FN2O2S/c1-14-5-11-17(12-6-14)26(24,25)20-19(15-7-9-16(21)10-8-15)22-18-4-2-3-13-23(18)20/h2-13H,1H3. The van der Waals surface area contributed by atoms with Crippen LogP contribution in [0.5, 0.6) is 0 Å². The molecular formula is C20H15FN2O2S. The molecule has 0 fully saturated rings. The van der Waals surface area contributed by atoms with E-state index in [1.54, 1.807) is 53.1 Å². The second kappa shape index (κ2) is 6.07. The normalized spacial score (nSPS) is 11.8. The van der Waals surface area contributed by atoms with Gasteiger partial charge in [0.25, 0.3) is 0 Å². The highest BCUT2D eigenvalue weighted by Crippen LogP contribution is 2.32. The van der Waals surface area contributed by atoms with Crippen molar-refractivity contribution in [1.82, 2.24) is 9.38 Å². The number of imidazole rings is 1. The van der Waals surface area contributed by atoms with Gasteiger partial charge in [-0.15, -0.1) is 0 Å². The Labute approximate surface area is 150 Å². The molecule has 0 N–H and O–H groups in total. The highest BCUT2D eigenvalue weighted by Gasteiger charge is 2.27. The third kappa shape index (κ3) is 2.68. The number of benzene rings is 2. The first-order valence-electron chi connectivity index (χ1n) is 8.01. The van der Waals surface area contributed by atoms with Gasteiger partial charge in [0, 0.05) is 11.8 Å². The predicted molar refractivity (Wildman–Crippen MR) is 97.2 cm³/mol. The SMILES string of the molecule is Cc1ccc(S(=O)(=O)c2c(-c3ccc(F)cc3)nc3ccccn23)cc1. The van der Waals surface area contributed by atoms with Crippen molar-refractivity contribution in [1.29, 1.82) is 0 Å². The number of sulfone groups is 1. The molecule has 0 radical (unpaired) electrons. The molecule has 0 saturated heterocycles. The van der Waals surface area contributed by atoms with Crippen molar-refractivity contribution >= 4 is 15.5 Å². The van der Waals surface area contributed by atoms with Gasteiger partial charge in [-0.25, -0.2) is 17.8 Å². The van der Waals surface area contributed by atoms with Gasteiger partial charge in [0.15, 0.2) is 5.03 Å². The molecule has 2 aromatic carbocycles. The fraction of sp³-hybridized carbons (Fsp3) is 0.0500. The lowest BCUT2D eigenvalue weighted by Gasteiger charge is -2.08. The molecular weight excluding hydrogens is 351 g/mol. The van der Waals surface area contributed by atoms with Gasteiger partial charge in [-0.2, -0.15) is 0 Å². The van der Waals surface area contributed by atoms with Crippen molar-refractivity contribution in [3.63, 3.8) is 0 Å². The lowest BCUT2D eigenvalue weighted by Crippen LogP contribution is -2.07. The van der Waals surface area contributed by atoms with Crippen LogP contribution >= 0.6 is 0 Å². The predicted octanol–water partition coefficient (Wildman–Crippen LogP) is 4.28. The van der Waals surface area contributed by atoms with E-state index in [-0.39, 0.29) is 15.7 Å². The molecule has 0 aliphatic carbocycles. The molecule has 0 bridgehead atoms. The molecule has 0 aliphatic rings. The van der Waals surface area contributed by atoms with Crippen LogP contribution in [0.3, 0.4) is 0 Å². The summed E-state index contributed by atoms with van der Waals surface area (Å²) in [6.07, 6.45) is 1.66. The molecule has 26 heavy (non-hydrogen) atoms. The van der Waals surface area contributed by atoms with E-state index in [4.69, 9.17) is 0 Å². The van der Waals surface area contributed by atoms with Crippen molar-refractivity contribution in [2.24, 2.45) is 0 Å². The minimum Gasteiger partial charge on any atom is -0.290 e. The summed E-state index contributed by atoms with van der Waals surface area (Å²) in [4.78, 5) is 4.68. The third-order valence-corrected chi connectivity index (χ3v) is 5.98. The first-order valence-corrected chi connectivity index (χ1v) is 9.50. The number of pyridine rings is 1. The van der Waals surface area contributed by atoms with Gasteiger partial charge in [-0.05, 0) is 55.5 Å². The highest BCUT2D eigenvalue weighted by atomic mass is 32.2. The van der Waals surface area contributed by atoms with Gasteiger partial charge in [0.05, 0.1) is 4.90 Å². The van der Waals surface area contributed by atoms with E-state index < -0.39 is 9.84 Å². The number of aromatic nitrogens is 2. The number of hydrogen-bond donors (Lipinski definition) is 0. The maximum Gasteiger partial charge on any atom is 0.224 e. The van der Waals surface area contributed by atoms with Crippen molar-refractivity contribution in [3.05, 3.63) is 84.3 Å². The Balaban J connectivity index is 2.03. The molecule has 6 heteroatoms. The maximum absolute atomic E-state index is 13.3. The zero-order valence-corrected chi connectivity index (χ0v) is 14.7. The second-order valence-corrected chi connectivity index (χ2v) is 7.88. The van der Waals surface area contributed by atoms with Crippen molar-refractivity contribution in [2.45, 2.75) is 16.8 Å². The Morgan fingerprint density at radius 1 is 0.923 bits per heavy atom. The third-order valence-electron chi connectivity index (χ3n) is 4.19. The molecule has 0 atom stereocenters. The number of halogens is 1. The minimum absolute atomic E-state index is 0.0727. The summed E-state index contributed by atoms with van der Waals surface area (Å²) in [5.41, 5.74) is 2.33. The van der Waals surface area contributed by atoms with Crippen LogP contribution < -0.4 is 0 Å². The Morgan fingerprint density at radius 2 is 1.62 bits per heavy atom. The smallest absolute Gasteiger partial charge is 0.224 e. The van der Waals surface area contributed by atoms with Crippen LogP contribution in [0, 0.1) is 12.7 Å². The van der Waals surface area contributed by atoms with Crippen LogP contribution in [-0.2, 0) is 9.84 Å². The maximum atomic E-state index is 13.3. The molecule has 0 spiro atoms. The van der Waals surface area contributed by atoms with Crippen molar-refractivity contribution < 1.29 is 12.8 Å². The molecule has 0 aliphatic heterocycles. The molecule has 130 valence electrons. The van der Waals surface area contributed by atoms with Crippen LogP contribution in [0.2, 0.25) is 0 Å². The summed E-state index contributed by atoms with van der Waals surface area (Å²) in [6, 6.07) is 17.6. The largest absolute Gasteiger partial charge is 0.290 e. The van der Waals surface area contributed by atoms with Crippen molar-refractivity contribution in [3.8, 4) is 11.3 Å². The average molecular weight is 366 g/mol. The van der Waals surface area contributed by atoms with E-state index in [0.29, 0.717) is 16.9 Å². The molecule has 0 unspecified atom stereocenters. The van der Waals surface area contributed by atoms with Crippen LogP contribution in [0.4, 0.5) is 4.39 Å². The molecule has 2 aromatic heterocycles. The summed E-state index contributed by atoms with van der Waals surface area (Å²) in [6.45, 7) is 1.90. The second-order valence-electron chi connectivity index (χ2n) is 6.02. The fourth-order valence-corrected chi connectivity index (χ4v) is 4.40. The van der Waals surface area contributed by atoms with E-state index in [9.17, 15) is 12.8 Å². The van der Waals surface area contributed by atoms with Gasteiger partial charge >= 0.3 is 0 Å². The van der Waals surface area contributed by atoms with E-state index in [1.807, 2.05) is 6.92 Å². The molecule has 4 nitrogen and oxygen atoms in total. The van der Waals surface area contributed by atoms with E-state index in [1.165, 1.54) is 24.3 Å². The first kappa shape index (κ1) is 16.5. The summed E-state index contributed by atoms with van der Waals surface area (Å²) < 4.78 is 41.5. The van der Waals surface area contributed by atoms with Gasteiger partial charge in [0.2, 0.25) is 9.84 Å². The van der Waals surface area contributed by atoms with Gasteiger partial charge in [-0.3, -0.25) is 4.40 Å². The molecule has 4 rings (SSSR count). The lowest BCUT2D eigenvalue weighted by molar-refractivity contribution is 0.591. The van der Waals surface area contributed by atoms with Crippen LogP contribution in [0.25, 0.3) is 16.9 Å². The van der Waals surface area contributed by atoms with E-state index in [0.717, 1.165) is 5.56 Å². The van der Waals surface area contributed by atoms with Crippen molar-refractivity contribution in [2.75, 3.05) is 0 Å². The zero-order chi connectivity index (χ0) is 18.3. The Hall–Kier alpha value is -2.99. The Bertz CT molecular complexity index is 1200. The molecule has 0 amide bonds. The van der Waals surface area contributed by atoms with Crippen LogP contribution in [0.1, 0.15) is 5.56 Å². The Morgan fingerprint density at radius 3 is 2.31 bits per heavy atom. The number of fused-ring (bicyclic) bond motifs is 1. The summed E-state index contributed by atoms with van der Waals surface area (Å²) in [5, 5.41) is 0.0727. The molecule has 0 saturated carbocycles. The minimum atomic E-state index is -3.82. The molecule has 4 aromatic rings. The first-order chi connectivity index (χ1) is 12.5. The summed E-state index contributed by atoms with van der Waals surface area (Å²) in [7, 11) is -3.82. The number of nitrogens with zero attached hydrogens (tertiary/aromatic N) is 2. The summed E-state index contributed by atoms with van der Waals surface area (Å²) >= 11 is 0. The average Bonchev–Trinajstić information content (AvgIpc) is 3.03. The Kier molecular flexibility index (Phi) is 3.85.